The van der Waals surface area contributed by atoms with Gasteiger partial charge in [0.2, 0.25) is 5.91 Å². The van der Waals surface area contributed by atoms with E-state index in [-0.39, 0.29) is 5.91 Å². The molecule has 0 radical (unpaired) electrons. The van der Waals surface area contributed by atoms with Gasteiger partial charge in [-0.2, -0.15) is 0 Å². The molecule has 0 aromatic heterocycles. The topological polar surface area (TPSA) is 46.3 Å². The second kappa shape index (κ2) is 10.4. The van der Waals surface area contributed by atoms with Crippen molar-refractivity contribution >= 4 is 5.91 Å². The lowest BCUT2D eigenvalue weighted by molar-refractivity contribution is -0.127. The molecule has 0 rings (SSSR count). The lowest BCUT2D eigenvalue weighted by Gasteiger charge is -2.13. The Kier molecular flexibility index (Phi) is 12.2. The number of carbonyl (C=O) groups is 1. The van der Waals surface area contributed by atoms with Gasteiger partial charge in [0.25, 0.3) is 0 Å². The molecule has 0 aliphatic rings. The van der Waals surface area contributed by atoms with Gasteiger partial charge in [0.05, 0.1) is 0 Å². The van der Waals surface area contributed by atoms with Crippen LogP contribution in [-0.4, -0.2) is 30.9 Å². The number of carbonyl (C=O) groups excluding carboxylic acids is 1. The summed E-state index contributed by atoms with van der Waals surface area (Å²) in [5.41, 5.74) is 5.29. The fourth-order valence-corrected chi connectivity index (χ4v) is 0.651. The summed E-state index contributed by atoms with van der Waals surface area (Å²) >= 11 is 0. The van der Waals surface area contributed by atoms with Crippen molar-refractivity contribution in [1.82, 2.24) is 4.90 Å². The second-order valence-corrected chi connectivity index (χ2v) is 2.44. The minimum Gasteiger partial charge on any atom is -0.346 e. The third-order valence-electron chi connectivity index (χ3n) is 1.49. The lowest BCUT2D eigenvalue weighted by Crippen LogP contribution is -2.25. The molecule has 1 amide bonds. The Balaban J connectivity index is 0. The van der Waals surface area contributed by atoms with Crippen LogP contribution in [0.25, 0.3) is 0 Å². The summed E-state index contributed by atoms with van der Waals surface area (Å²) in [6.07, 6.45) is 2.00. The van der Waals surface area contributed by atoms with Crippen molar-refractivity contribution in [1.29, 1.82) is 0 Å². The van der Waals surface area contributed by atoms with Crippen molar-refractivity contribution in [3.05, 3.63) is 0 Å². The van der Waals surface area contributed by atoms with Crippen LogP contribution in [0.3, 0.4) is 0 Å². The quantitative estimate of drug-likeness (QED) is 0.652. The molecule has 0 bridgehead atoms. The van der Waals surface area contributed by atoms with E-state index >= 15 is 0 Å². The molecule has 0 fully saturated rings. The van der Waals surface area contributed by atoms with Crippen LogP contribution in [0.1, 0.15) is 33.6 Å². The summed E-state index contributed by atoms with van der Waals surface area (Å²) in [5.74, 6) is 0.122. The Bertz CT molecular complexity index is 105. The summed E-state index contributed by atoms with van der Waals surface area (Å²) in [6, 6.07) is 0. The monoisotopic (exact) mass is 174 g/mol. The predicted octanol–water partition coefficient (Wildman–Crippen LogP) is 1.23. The van der Waals surface area contributed by atoms with Crippen molar-refractivity contribution in [2.24, 2.45) is 5.73 Å². The summed E-state index contributed by atoms with van der Waals surface area (Å²) in [6.45, 7) is 7.11. The van der Waals surface area contributed by atoms with Crippen LogP contribution < -0.4 is 5.73 Å². The van der Waals surface area contributed by atoms with Gasteiger partial charge in [-0.25, -0.2) is 0 Å². The third kappa shape index (κ3) is 9.43. The zero-order valence-corrected chi connectivity index (χ0v) is 8.76. The van der Waals surface area contributed by atoms with Gasteiger partial charge >= 0.3 is 0 Å². The molecule has 0 heterocycles. The van der Waals surface area contributed by atoms with Crippen molar-refractivity contribution in [3.8, 4) is 0 Å². The maximum Gasteiger partial charge on any atom is 0.219 e. The molecule has 0 atom stereocenters. The van der Waals surface area contributed by atoms with Crippen LogP contribution in [0.2, 0.25) is 0 Å². The Labute approximate surface area is 75.9 Å². The second-order valence-electron chi connectivity index (χ2n) is 2.44. The van der Waals surface area contributed by atoms with E-state index in [0.29, 0.717) is 6.54 Å². The van der Waals surface area contributed by atoms with Crippen LogP contribution in [0.4, 0.5) is 0 Å². The molecule has 0 spiro atoms. The van der Waals surface area contributed by atoms with Gasteiger partial charge in [0.1, 0.15) is 0 Å². The maximum absolute atomic E-state index is 10.6. The minimum atomic E-state index is 0.122. The molecule has 0 unspecified atom stereocenters. The first kappa shape index (κ1) is 14.0. The summed E-state index contributed by atoms with van der Waals surface area (Å²) < 4.78 is 0. The Morgan fingerprint density at radius 1 is 1.33 bits per heavy atom. The molecular weight excluding hydrogens is 152 g/mol. The predicted molar refractivity (Wildman–Crippen MR) is 52.9 cm³/mol. The molecule has 74 valence electrons. The van der Waals surface area contributed by atoms with Crippen molar-refractivity contribution in [2.45, 2.75) is 33.6 Å². The maximum atomic E-state index is 10.6. The number of nitrogens with two attached hydrogens (primary N) is 1. The van der Waals surface area contributed by atoms with E-state index in [9.17, 15) is 4.79 Å². The molecule has 0 aliphatic carbocycles. The van der Waals surface area contributed by atoms with E-state index in [1.807, 2.05) is 13.8 Å². The highest BCUT2D eigenvalue weighted by molar-refractivity contribution is 5.72. The average molecular weight is 174 g/mol. The van der Waals surface area contributed by atoms with Crippen LogP contribution >= 0.6 is 0 Å². The van der Waals surface area contributed by atoms with E-state index in [2.05, 4.69) is 0 Å². The highest BCUT2D eigenvalue weighted by atomic mass is 16.2. The van der Waals surface area contributed by atoms with Crippen LogP contribution in [0, 0.1) is 0 Å². The van der Waals surface area contributed by atoms with Crippen LogP contribution in [0.5, 0.6) is 0 Å². The Morgan fingerprint density at radius 3 is 2.17 bits per heavy atom. The van der Waals surface area contributed by atoms with E-state index in [1.54, 1.807) is 18.9 Å². The first-order valence-electron chi connectivity index (χ1n) is 4.60. The molecule has 3 nitrogen and oxygen atoms in total. The summed E-state index contributed by atoms with van der Waals surface area (Å²) in [7, 11) is 1.80. The number of hydrogen-bond donors (Lipinski definition) is 1. The average Bonchev–Trinajstić information content (AvgIpc) is 2.08. The standard InChI is InChI=1S/C7H16N2O.C2H6/c1-7(10)9(2)6-4-3-5-8;1-2/h3-6,8H2,1-2H3;1-2H3. The number of unbranched alkanes of at least 4 members (excludes halogenated alkanes) is 1. The zero-order chi connectivity index (χ0) is 9.98. The molecule has 12 heavy (non-hydrogen) atoms. The zero-order valence-electron chi connectivity index (χ0n) is 8.76. The van der Waals surface area contributed by atoms with E-state index in [0.717, 1.165) is 19.4 Å². The van der Waals surface area contributed by atoms with Crippen molar-refractivity contribution < 1.29 is 4.79 Å². The van der Waals surface area contributed by atoms with Gasteiger partial charge in [-0.3, -0.25) is 4.79 Å². The first-order valence-corrected chi connectivity index (χ1v) is 4.60. The van der Waals surface area contributed by atoms with Crippen molar-refractivity contribution in [2.75, 3.05) is 20.1 Å². The Hall–Kier alpha value is -0.570. The largest absolute Gasteiger partial charge is 0.346 e. The molecule has 0 saturated heterocycles. The Morgan fingerprint density at radius 2 is 1.83 bits per heavy atom. The van der Waals surface area contributed by atoms with Gasteiger partial charge in [0, 0.05) is 20.5 Å². The third-order valence-corrected chi connectivity index (χ3v) is 1.49. The fraction of sp³-hybridized carbons (Fsp3) is 0.889. The van der Waals surface area contributed by atoms with E-state index in [4.69, 9.17) is 5.73 Å². The number of nitrogens with zero attached hydrogens (tertiary/aromatic N) is 1. The van der Waals surface area contributed by atoms with Crippen molar-refractivity contribution in [3.63, 3.8) is 0 Å². The van der Waals surface area contributed by atoms with E-state index < -0.39 is 0 Å². The fourth-order valence-electron chi connectivity index (χ4n) is 0.651. The first-order chi connectivity index (χ1) is 5.68. The SMILES string of the molecule is CC.CC(=O)N(C)CCCCN. The van der Waals surface area contributed by atoms with Gasteiger partial charge in [-0.1, -0.05) is 13.8 Å². The highest BCUT2D eigenvalue weighted by Gasteiger charge is 1.98. The molecule has 0 aromatic carbocycles. The minimum absolute atomic E-state index is 0.122. The molecule has 0 saturated carbocycles. The molecule has 0 aromatic rings. The van der Waals surface area contributed by atoms with Gasteiger partial charge in [-0.05, 0) is 19.4 Å². The number of rotatable bonds is 4. The van der Waals surface area contributed by atoms with Crippen LogP contribution in [-0.2, 0) is 4.79 Å². The summed E-state index contributed by atoms with van der Waals surface area (Å²) in [4.78, 5) is 12.3. The highest BCUT2D eigenvalue weighted by Crippen LogP contribution is 1.90. The molecule has 2 N–H and O–H groups in total. The molecule has 0 aliphatic heterocycles. The van der Waals surface area contributed by atoms with Gasteiger partial charge in [-0.15, -0.1) is 0 Å². The number of hydrogen-bond acceptors (Lipinski definition) is 2. The van der Waals surface area contributed by atoms with Gasteiger partial charge < -0.3 is 10.6 Å². The normalized spacial score (nSPS) is 8.42. The summed E-state index contributed by atoms with van der Waals surface area (Å²) in [5, 5.41) is 0. The molecular formula is C9H22N2O. The lowest BCUT2D eigenvalue weighted by atomic mass is 10.3. The van der Waals surface area contributed by atoms with Crippen LogP contribution in [0.15, 0.2) is 0 Å². The molecule has 3 heteroatoms. The smallest absolute Gasteiger partial charge is 0.219 e. The van der Waals surface area contributed by atoms with E-state index in [1.165, 1.54) is 0 Å². The number of amides is 1. The van der Waals surface area contributed by atoms with Gasteiger partial charge in [0.15, 0.2) is 0 Å².